The molecule has 1 aromatic rings. The molecule has 0 saturated heterocycles. The van der Waals surface area contributed by atoms with Crippen molar-refractivity contribution in [2.24, 2.45) is 0 Å². The Morgan fingerprint density at radius 2 is 2.07 bits per heavy atom. The van der Waals surface area contributed by atoms with E-state index in [-0.39, 0.29) is 0 Å². The Balaban J connectivity index is 2.79. The summed E-state index contributed by atoms with van der Waals surface area (Å²) >= 11 is 5.89. The first-order chi connectivity index (χ1) is 6.77. The van der Waals surface area contributed by atoms with Gasteiger partial charge in [0.15, 0.2) is 0 Å². The van der Waals surface area contributed by atoms with E-state index in [1.54, 1.807) is 14.2 Å². The van der Waals surface area contributed by atoms with Gasteiger partial charge in [-0.25, -0.2) is 0 Å². The van der Waals surface area contributed by atoms with Crippen molar-refractivity contribution < 1.29 is 9.57 Å². The van der Waals surface area contributed by atoms with Crippen LogP contribution < -0.4 is 5.48 Å². The van der Waals surface area contributed by atoms with Gasteiger partial charge in [0.2, 0.25) is 0 Å². The highest BCUT2D eigenvalue weighted by molar-refractivity contribution is 6.30. The van der Waals surface area contributed by atoms with Gasteiger partial charge in [0, 0.05) is 18.7 Å². The van der Waals surface area contributed by atoms with Crippen molar-refractivity contribution in [3.63, 3.8) is 0 Å². The van der Waals surface area contributed by atoms with Gasteiger partial charge in [0.1, 0.15) is 0 Å². The molecule has 1 N–H and O–H groups in total. The minimum absolute atomic E-state index is 0.581. The van der Waals surface area contributed by atoms with Gasteiger partial charge in [-0.3, -0.25) is 0 Å². The molecule has 78 valence electrons. The molecule has 0 radical (unpaired) electrons. The average Bonchev–Trinajstić information content (AvgIpc) is 2.18. The Morgan fingerprint density at radius 1 is 1.29 bits per heavy atom. The van der Waals surface area contributed by atoms with E-state index < -0.39 is 0 Å². The molecule has 0 aliphatic heterocycles. The molecule has 0 fully saturated rings. The fourth-order valence-corrected chi connectivity index (χ4v) is 1.40. The van der Waals surface area contributed by atoms with Crippen LogP contribution in [-0.4, -0.2) is 14.2 Å². The van der Waals surface area contributed by atoms with E-state index in [9.17, 15) is 0 Å². The van der Waals surface area contributed by atoms with Crippen molar-refractivity contribution in [2.45, 2.75) is 13.2 Å². The van der Waals surface area contributed by atoms with Gasteiger partial charge in [-0.15, -0.1) is 0 Å². The fraction of sp³-hybridized carbons (Fsp3) is 0.400. The summed E-state index contributed by atoms with van der Waals surface area (Å²) < 4.78 is 5.08. The van der Waals surface area contributed by atoms with E-state index >= 15 is 0 Å². The van der Waals surface area contributed by atoms with E-state index in [4.69, 9.17) is 21.2 Å². The summed E-state index contributed by atoms with van der Waals surface area (Å²) in [5.74, 6) is 0. The van der Waals surface area contributed by atoms with Crippen molar-refractivity contribution >= 4 is 11.6 Å². The number of ether oxygens (including phenoxy) is 1. The quantitative estimate of drug-likeness (QED) is 0.764. The lowest BCUT2D eigenvalue weighted by atomic mass is 10.1. The van der Waals surface area contributed by atoms with Crippen LogP contribution in [0.1, 0.15) is 11.1 Å². The second-order valence-corrected chi connectivity index (χ2v) is 3.31. The fourth-order valence-electron chi connectivity index (χ4n) is 1.21. The number of methoxy groups -OCH3 is 1. The second kappa shape index (κ2) is 5.98. The Kier molecular flexibility index (Phi) is 4.90. The predicted molar refractivity (Wildman–Crippen MR) is 56.0 cm³/mol. The number of halogens is 1. The first kappa shape index (κ1) is 11.5. The minimum atomic E-state index is 0.581. The molecule has 3 nitrogen and oxygen atoms in total. The molecule has 0 aromatic heterocycles. The first-order valence-electron chi connectivity index (χ1n) is 4.30. The molecule has 0 spiro atoms. The summed E-state index contributed by atoms with van der Waals surface area (Å²) in [7, 11) is 3.25. The van der Waals surface area contributed by atoms with Crippen LogP contribution in [0.4, 0.5) is 0 Å². The second-order valence-electron chi connectivity index (χ2n) is 2.87. The zero-order chi connectivity index (χ0) is 10.4. The molecule has 0 aliphatic carbocycles. The Hall–Kier alpha value is -0.610. The molecule has 0 saturated carbocycles. The third-order valence-corrected chi connectivity index (χ3v) is 2.11. The van der Waals surface area contributed by atoms with Crippen molar-refractivity contribution in [1.29, 1.82) is 0 Å². The number of hydrogen-bond acceptors (Lipinski definition) is 3. The summed E-state index contributed by atoms with van der Waals surface area (Å²) in [4.78, 5) is 4.78. The molecule has 0 unspecified atom stereocenters. The molecule has 14 heavy (non-hydrogen) atoms. The third kappa shape index (κ3) is 3.27. The molecular formula is C10H14ClNO2. The maximum absolute atomic E-state index is 5.89. The van der Waals surface area contributed by atoms with E-state index in [1.807, 2.05) is 18.2 Å². The first-order valence-corrected chi connectivity index (χ1v) is 4.67. The maximum Gasteiger partial charge on any atom is 0.0716 e. The average molecular weight is 216 g/mol. The Bertz CT molecular complexity index is 291. The summed E-state index contributed by atoms with van der Waals surface area (Å²) in [6.07, 6.45) is 0. The molecule has 1 aromatic carbocycles. The monoisotopic (exact) mass is 215 g/mol. The number of hydroxylamine groups is 1. The van der Waals surface area contributed by atoms with Crippen molar-refractivity contribution in [3.05, 3.63) is 34.3 Å². The SMILES string of the molecule is COCc1ccc(Cl)cc1CNOC. The van der Waals surface area contributed by atoms with Gasteiger partial charge in [0.05, 0.1) is 13.7 Å². The lowest BCUT2D eigenvalue weighted by Crippen LogP contribution is -2.12. The molecule has 0 amide bonds. The molecule has 0 atom stereocenters. The number of rotatable bonds is 5. The van der Waals surface area contributed by atoms with E-state index in [2.05, 4.69) is 5.48 Å². The molecule has 1 rings (SSSR count). The number of nitrogens with one attached hydrogen (secondary N) is 1. The van der Waals surface area contributed by atoms with Crippen LogP contribution >= 0.6 is 11.6 Å². The molecule has 0 bridgehead atoms. The van der Waals surface area contributed by atoms with Crippen molar-refractivity contribution in [2.75, 3.05) is 14.2 Å². The number of hydrogen-bond donors (Lipinski definition) is 1. The normalized spacial score (nSPS) is 10.5. The predicted octanol–water partition coefficient (Wildman–Crippen LogP) is 2.14. The summed E-state index contributed by atoms with van der Waals surface area (Å²) in [5.41, 5.74) is 4.97. The van der Waals surface area contributed by atoms with Crippen molar-refractivity contribution in [1.82, 2.24) is 5.48 Å². The minimum Gasteiger partial charge on any atom is -0.380 e. The van der Waals surface area contributed by atoms with E-state index in [0.29, 0.717) is 13.2 Å². The van der Waals surface area contributed by atoms with Crippen molar-refractivity contribution in [3.8, 4) is 0 Å². The van der Waals surface area contributed by atoms with Crippen LogP contribution in [-0.2, 0) is 22.7 Å². The third-order valence-electron chi connectivity index (χ3n) is 1.88. The van der Waals surface area contributed by atoms with Gasteiger partial charge >= 0.3 is 0 Å². The maximum atomic E-state index is 5.89. The number of benzene rings is 1. The van der Waals surface area contributed by atoms with Crippen LogP contribution in [0.5, 0.6) is 0 Å². The zero-order valence-corrected chi connectivity index (χ0v) is 9.10. The summed E-state index contributed by atoms with van der Waals surface area (Å²) in [6.45, 7) is 1.20. The van der Waals surface area contributed by atoms with Gasteiger partial charge in [-0.2, -0.15) is 5.48 Å². The van der Waals surface area contributed by atoms with Crippen LogP contribution in [0, 0.1) is 0 Å². The molecule has 0 heterocycles. The molecular weight excluding hydrogens is 202 g/mol. The summed E-state index contributed by atoms with van der Waals surface area (Å²) in [6, 6.07) is 5.71. The Morgan fingerprint density at radius 3 is 2.71 bits per heavy atom. The van der Waals surface area contributed by atoms with Gasteiger partial charge in [-0.05, 0) is 23.3 Å². The van der Waals surface area contributed by atoms with Crippen LogP contribution in [0.25, 0.3) is 0 Å². The zero-order valence-electron chi connectivity index (χ0n) is 8.34. The highest BCUT2D eigenvalue weighted by Crippen LogP contribution is 2.16. The Labute approximate surface area is 88.9 Å². The highest BCUT2D eigenvalue weighted by atomic mass is 35.5. The topological polar surface area (TPSA) is 30.5 Å². The lowest BCUT2D eigenvalue weighted by molar-refractivity contribution is 0.0859. The highest BCUT2D eigenvalue weighted by Gasteiger charge is 2.02. The summed E-state index contributed by atoms with van der Waals surface area (Å²) in [5, 5.41) is 0.720. The molecule has 4 heteroatoms. The smallest absolute Gasteiger partial charge is 0.0716 e. The molecule has 0 aliphatic rings. The van der Waals surface area contributed by atoms with Gasteiger partial charge in [-0.1, -0.05) is 17.7 Å². The van der Waals surface area contributed by atoms with Crippen LogP contribution in [0.15, 0.2) is 18.2 Å². The largest absolute Gasteiger partial charge is 0.380 e. The van der Waals surface area contributed by atoms with Gasteiger partial charge in [0.25, 0.3) is 0 Å². The van der Waals surface area contributed by atoms with E-state index in [0.717, 1.165) is 16.1 Å². The lowest BCUT2D eigenvalue weighted by Gasteiger charge is -2.09. The standard InChI is InChI=1S/C10H14ClNO2/c1-13-7-8-3-4-10(11)5-9(8)6-12-14-2/h3-5,12H,6-7H2,1-2H3. The van der Waals surface area contributed by atoms with Crippen LogP contribution in [0.2, 0.25) is 5.02 Å². The van der Waals surface area contributed by atoms with Gasteiger partial charge < -0.3 is 9.57 Å². The van der Waals surface area contributed by atoms with E-state index in [1.165, 1.54) is 0 Å². The van der Waals surface area contributed by atoms with Crippen LogP contribution in [0.3, 0.4) is 0 Å².